The molecule has 0 radical (unpaired) electrons. The number of methoxy groups -OCH3 is 1. The average molecular weight is 339 g/mol. The van der Waals surface area contributed by atoms with Gasteiger partial charge in [-0.2, -0.15) is 0 Å². The van der Waals surface area contributed by atoms with Crippen LogP contribution in [0.25, 0.3) is 10.8 Å². The van der Waals surface area contributed by atoms with Crippen LogP contribution in [-0.4, -0.2) is 49.8 Å². The number of rotatable bonds is 4. The van der Waals surface area contributed by atoms with Gasteiger partial charge < -0.3 is 14.4 Å². The van der Waals surface area contributed by atoms with Crippen LogP contribution in [0.15, 0.2) is 42.5 Å². The molecule has 2 aromatic rings. The van der Waals surface area contributed by atoms with Crippen molar-refractivity contribution in [2.75, 3.05) is 33.4 Å². The number of amides is 1. The minimum absolute atomic E-state index is 0.110. The topological polar surface area (TPSA) is 38.8 Å². The number of likely N-dealkylation sites (tertiary alicyclic amines) is 1. The number of carbonyl (C=O) groups is 1. The Morgan fingerprint density at radius 1 is 1.24 bits per heavy atom. The fourth-order valence-corrected chi connectivity index (χ4v) is 4.18. The third kappa shape index (κ3) is 3.29. The van der Waals surface area contributed by atoms with E-state index in [2.05, 4.69) is 6.07 Å². The van der Waals surface area contributed by atoms with Crippen LogP contribution in [0.3, 0.4) is 0 Å². The van der Waals surface area contributed by atoms with Gasteiger partial charge >= 0.3 is 0 Å². The zero-order valence-electron chi connectivity index (χ0n) is 14.7. The molecule has 0 saturated carbocycles. The van der Waals surface area contributed by atoms with Crippen molar-refractivity contribution in [1.82, 2.24) is 4.90 Å². The Kier molecular flexibility index (Phi) is 4.48. The van der Waals surface area contributed by atoms with Gasteiger partial charge in [-0.05, 0) is 48.1 Å². The molecule has 0 bridgehead atoms. The number of fused-ring (bicyclic) bond motifs is 1. The van der Waals surface area contributed by atoms with Crippen molar-refractivity contribution in [2.45, 2.75) is 24.9 Å². The summed E-state index contributed by atoms with van der Waals surface area (Å²) in [4.78, 5) is 14.7. The Bertz CT molecular complexity index is 767. The maximum Gasteiger partial charge on any atom is 0.254 e. The molecule has 25 heavy (non-hydrogen) atoms. The van der Waals surface area contributed by atoms with Crippen molar-refractivity contribution in [1.29, 1.82) is 0 Å². The maximum atomic E-state index is 12.8. The molecule has 2 aliphatic heterocycles. The van der Waals surface area contributed by atoms with Crippen molar-refractivity contribution in [3.05, 3.63) is 48.0 Å². The SMILES string of the molecule is COCCC1CCOC2(C1)CN(C(=O)c1ccc3ccccc3c1)C2. The van der Waals surface area contributed by atoms with Crippen molar-refractivity contribution in [3.8, 4) is 0 Å². The number of nitrogens with zero attached hydrogens (tertiary/aromatic N) is 1. The smallest absolute Gasteiger partial charge is 0.254 e. The van der Waals surface area contributed by atoms with Gasteiger partial charge in [0.1, 0.15) is 5.60 Å². The van der Waals surface area contributed by atoms with E-state index in [1.807, 2.05) is 41.3 Å². The highest BCUT2D eigenvalue weighted by Gasteiger charge is 2.49. The van der Waals surface area contributed by atoms with E-state index in [1.165, 1.54) is 0 Å². The molecular weight excluding hydrogens is 314 g/mol. The summed E-state index contributed by atoms with van der Waals surface area (Å²) in [5.41, 5.74) is 0.642. The first-order valence-corrected chi connectivity index (χ1v) is 9.10. The summed E-state index contributed by atoms with van der Waals surface area (Å²) < 4.78 is 11.3. The summed E-state index contributed by atoms with van der Waals surface area (Å²) in [6, 6.07) is 14.1. The van der Waals surface area contributed by atoms with Gasteiger partial charge in [-0.15, -0.1) is 0 Å². The molecule has 2 heterocycles. The van der Waals surface area contributed by atoms with Crippen molar-refractivity contribution >= 4 is 16.7 Å². The monoisotopic (exact) mass is 339 g/mol. The highest BCUT2D eigenvalue weighted by molar-refractivity contribution is 5.99. The van der Waals surface area contributed by atoms with Crippen molar-refractivity contribution < 1.29 is 14.3 Å². The molecule has 132 valence electrons. The molecule has 1 atom stereocenters. The number of hydrogen-bond acceptors (Lipinski definition) is 3. The zero-order chi connectivity index (χ0) is 17.3. The second-order valence-electron chi connectivity index (χ2n) is 7.39. The van der Waals surface area contributed by atoms with Crippen molar-refractivity contribution in [2.24, 2.45) is 5.92 Å². The van der Waals surface area contributed by atoms with E-state index in [0.717, 1.165) is 48.8 Å². The Balaban J connectivity index is 1.41. The summed E-state index contributed by atoms with van der Waals surface area (Å²) in [5, 5.41) is 2.27. The van der Waals surface area contributed by atoms with Gasteiger partial charge in [-0.25, -0.2) is 0 Å². The lowest BCUT2D eigenvalue weighted by atomic mass is 9.79. The first kappa shape index (κ1) is 16.6. The number of hydrogen-bond donors (Lipinski definition) is 0. The minimum atomic E-state index is -0.122. The standard InChI is InChI=1S/C21H25NO3/c1-24-10-8-16-9-11-25-21(13-16)14-22(15-21)20(23)19-7-6-17-4-2-3-5-18(17)12-19/h2-7,12,16H,8-11,13-15H2,1H3. The number of ether oxygens (including phenoxy) is 2. The van der Waals surface area contributed by atoms with Gasteiger partial charge in [0, 0.05) is 25.9 Å². The van der Waals surface area contributed by atoms with Gasteiger partial charge in [0.05, 0.1) is 13.1 Å². The van der Waals surface area contributed by atoms with Gasteiger partial charge in [-0.1, -0.05) is 30.3 Å². The summed E-state index contributed by atoms with van der Waals surface area (Å²) in [5.74, 6) is 0.755. The highest BCUT2D eigenvalue weighted by Crippen LogP contribution is 2.38. The normalized spacial score (nSPS) is 22.1. The minimum Gasteiger partial charge on any atom is -0.385 e. The van der Waals surface area contributed by atoms with Crippen LogP contribution in [0.2, 0.25) is 0 Å². The van der Waals surface area contributed by atoms with Crippen LogP contribution in [0.1, 0.15) is 29.6 Å². The molecule has 4 heteroatoms. The molecule has 0 aromatic heterocycles. The van der Waals surface area contributed by atoms with Crippen LogP contribution >= 0.6 is 0 Å². The fraction of sp³-hybridized carbons (Fsp3) is 0.476. The molecule has 0 aliphatic carbocycles. The largest absolute Gasteiger partial charge is 0.385 e. The Hall–Kier alpha value is -1.91. The predicted octanol–water partition coefficient (Wildman–Crippen LogP) is 3.50. The van der Waals surface area contributed by atoms with Crippen LogP contribution < -0.4 is 0 Å². The molecule has 1 unspecified atom stereocenters. The first-order chi connectivity index (χ1) is 12.2. The van der Waals surface area contributed by atoms with E-state index < -0.39 is 0 Å². The van der Waals surface area contributed by atoms with Crippen LogP contribution in [0.4, 0.5) is 0 Å². The first-order valence-electron chi connectivity index (χ1n) is 9.10. The summed E-state index contributed by atoms with van der Waals surface area (Å²) in [6.45, 7) is 3.02. The molecule has 0 N–H and O–H groups in total. The Morgan fingerprint density at radius 2 is 2.04 bits per heavy atom. The molecular formula is C21H25NO3. The quantitative estimate of drug-likeness (QED) is 0.856. The Labute approximate surface area is 148 Å². The summed E-state index contributed by atoms with van der Waals surface area (Å²) in [7, 11) is 1.75. The summed E-state index contributed by atoms with van der Waals surface area (Å²) in [6.07, 6.45) is 3.22. The summed E-state index contributed by atoms with van der Waals surface area (Å²) >= 11 is 0. The lowest BCUT2D eigenvalue weighted by molar-refractivity contribution is -0.167. The lowest BCUT2D eigenvalue weighted by Gasteiger charge is -2.53. The predicted molar refractivity (Wildman–Crippen MR) is 97.8 cm³/mol. The Morgan fingerprint density at radius 3 is 2.84 bits per heavy atom. The number of carbonyl (C=O) groups excluding carboxylic acids is 1. The van der Waals surface area contributed by atoms with Crippen LogP contribution in [0.5, 0.6) is 0 Å². The van der Waals surface area contributed by atoms with E-state index in [-0.39, 0.29) is 11.5 Å². The van der Waals surface area contributed by atoms with Gasteiger partial charge in [0.2, 0.25) is 0 Å². The van der Waals surface area contributed by atoms with E-state index in [4.69, 9.17) is 9.47 Å². The molecule has 2 fully saturated rings. The third-order valence-corrected chi connectivity index (χ3v) is 5.57. The van der Waals surface area contributed by atoms with E-state index in [0.29, 0.717) is 19.0 Å². The van der Waals surface area contributed by atoms with Gasteiger partial charge in [0.15, 0.2) is 0 Å². The molecule has 2 aliphatic rings. The zero-order valence-corrected chi connectivity index (χ0v) is 14.7. The number of benzene rings is 2. The average Bonchev–Trinajstić information content (AvgIpc) is 2.63. The second kappa shape index (κ2) is 6.77. The van der Waals surface area contributed by atoms with Gasteiger partial charge in [-0.3, -0.25) is 4.79 Å². The van der Waals surface area contributed by atoms with E-state index in [9.17, 15) is 4.79 Å². The van der Waals surface area contributed by atoms with Crippen molar-refractivity contribution in [3.63, 3.8) is 0 Å². The molecule has 1 amide bonds. The second-order valence-corrected chi connectivity index (χ2v) is 7.39. The molecule has 2 saturated heterocycles. The molecule has 4 rings (SSSR count). The fourth-order valence-electron chi connectivity index (χ4n) is 4.18. The van der Waals surface area contributed by atoms with Crippen LogP contribution in [0, 0.1) is 5.92 Å². The van der Waals surface area contributed by atoms with E-state index >= 15 is 0 Å². The highest BCUT2D eigenvalue weighted by atomic mass is 16.5. The molecule has 2 aromatic carbocycles. The molecule has 1 spiro atoms. The van der Waals surface area contributed by atoms with E-state index in [1.54, 1.807) is 7.11 Å². The van der Waals surface area contributed by atoms with Gasteiger partial charge in [0.25, 0.3) is 5.91 Å². The lowest BCUT2D eigenvalue weighted by Crippen LogP contribution is -2.66. The van der Waals surface area contributed by atoms with Crippen LogP contribution in [-0.2, 0) is 9.47 Å². The third-order valence-electron chi connectivity index (χ3n) is 5.57. The molecule has 4 nitrogen and oxygen atoms in total. The maximum absolute atomic E-state index is 12.8.